The highest BCUT2D eigenvalue weighted by atomic mass is 35.5. The van der Waals surface area contributed by atoms with Gasteiger partial charge in [-0.15, -0.1) is 21.8 Å². The summed E-state index contributed by atoms with van der Waals surface area (Å²) in [6.07, 6.45) is -2.13. The lowest BCUT2D eigenvalue weighted by atomic mass is 10.1. The van der Waals surface area contributed by atoms with Crippen molar-refractivity contribution < 1.29 is 22.8 Å². The highest BCUT2D eigenvalue weighted by Crippen LogP contribution is 2.32. The van der Waals surface area contributed by atoms with Crippen molar-refractivity contribution >= 4 is 29.1 Å². The molecule has 3 rings (SSSR count). The molecular formula is C15H13ClF3N5O2. The summed E-state index contributed by atoms with van der Waals surface area (Å²) in [6, 6.07) is 2.68. The molecule has 0 fully saturated rings. The Morgan fingerprint density at radius 3 is 2.73 bits per heavy atom. The Kier molecular flexibility index (Phi) is 4.86. The third-order valence-electron chi connectivity index (χ3n) is 3.78. The van der Waals surface area contributed by atoms with Crippen molar-refractivity contribution in [2.45, 2.75) is 19.0 Å². The third kappa shape index (κ3) is 3.64. The summed E-state index contributed by atoms with van der Waals surface area (Å²) in [5, 5.41) is 11.1. The first kappa shape index (κ1) is 18.2. The van der Waals surface area contributed by atoms with E-state index in [-0.39, 0.29) is 11.3 Å². The van der Waals surface area contributed by atoms with E-state index < -0.39 is 29.4 Å². The summed E-state index contributed by atoms with van der Waals surface area (Å²) in [4.78, 5) is 24.2. The van der Waals surface area contributed by atoms with Crippen LogP contribution < -0.4 is 10.3 Å². The Labute approximate surface area is 150 Å². The van der Waals surface area contributed by atoms with Gasteiger partial charge in [0.05, 0.1) is 5.56 Å². The molecule has 0 bridgehead atoms. The van der Waals surface area contributed by atoms with Gasteiger partial charge >= 0.3 is 6.18 Å². The number of aromatic nitrogens is 3. The van der Waals surface area contributed by atoms with Crippen LogP contribution in [0, 0.1) is 0 Å². The lowest BCUT2D eigenvalue weighted by Gasteiger charge is -2.28. The van der Waals surface area contributed by atoms with E-state index in [0.717, 1.165) is 12.1 Å². The second-order valence-electron chi connectivity index (χ2n) is 5.60. The highest BCUT2D eigenvalue weighted by Gasteiger charge is 2.33. The molecule has 7 nitrogen and oxygen atoms in total. The first-order chi connectivity index (χ1) is 12.3. The summed E-state index contributed by atoms with van der Waals surface area (Å²) in [5.41, 5.74) is -1.42. The van der Waals surface area contributed by atoms with Crippen molar-refractivity contribution in [3.05, 3.63) is 41.5 Å². The Morgan fingerprint density at radius 1 is 1.27 bits per heavy atom. The normalized spacial score (nSPS) is 14.1. The fraction of sp³-hybridized carbons (Fsp3) is 0.333. The molecule has 0 saturated heterocycles. The third-order valence-corrected chi connectivity index (χ3v) is 4.02. The van der Waals surface area contributed by atoms with Crippen molar-refractivity contribution in [1.82, 2.24) is 14.9 Å². The molecule has 1 aliphatic heterocycles. The molecule has 0 spiro atoms. The molecule has 2 heterocycles. The van der Waals surface area contributed by atoms with E-state index in [1.54, 1.807) is 0 Å². The van der Waals surface area contributed by atoms with Crippen LogP contribution in [0.4, 0.5) is 18.9 Å². The molecule has 1 N–H and O–H groups in total. The van der Waals surface area contributed by atoms with Gasteiger partial charge in [-0.1, -0.05) is 0 Å². The van der Waals surface area contributed by atoms with E-state index >= 15 is 0 Å². The number of nitrogens with one attached hydrogen (secondary N) is 1. The Balaban J connectivity index is 2.00. The number of fused-ring (bicyclic) bond motifs is 1. The molecule has 0 aliphatic carbocycles. The maximum absolute atomic E-state index is 13.2. The number of hydrogen-bond acceptors (Lipinski definition) is 4. The number of hydrogen-bond donors (Lipinski definition) is 1. The minimum absolute atomic E-state index is 0.158. The number of halogens is 4. The number of rotatable bonds is 3. The molecule has 0 radical (unpaired) electrons. The quantitative estimate of drug-likeness (QED) is 0.819. The van der Waals surface area contributed by atoms with Crippen LogP contribution in [0.15, 0.2) is 24.5 Å². The summed E-state index contributed by atoms with van der Waals surface area (Å²) >= 11 is 5.37. The van der Waals surface area contributed by atoms with Crippen molar-refractivity contribution in [3.8, 4) is 0 Å². The predicted octanol–water partition coefficient (Wildman–Crippen LogP) is 2.20. The molecule has 1 aromatic heterocycles. The molecule has 2 aromatic rings. The number of nitrogens with zero attached hydrogens (tertiary/aromatic N) is 4. The maximum atomic E-state index is 13.2. The summed E-state index contributed by atoms with van der Waals surface area (Å²) in [7, 11) is 0. The van der Waals surface area contributed by atoms with Gasteiger partial charge in [0.1, 0.15) is 12.2 Å². The van der Waals surface area contributed by atoms with Crippen LogP contribution in [0.5, 0.6) is 0 Å². The van der Waals surface area contributed by atoms with Crippen LogP contribution in [-0.2, 0) is 17.4 Å². The second kappa shape index (κ2) is 6.94. The maximum Gasteiger partial charge on any atom is 0.416 e. The van der Waals surface area contributed by atoms with E-state index in [1.165, 1.54) is 22.1 Å². The molecule has 0 saturated carbocycles. The number of benzene rings is 1. The van der Waals surface area contributed by atoms with Crippen LogP contribution in [0.3, 0.4) is 0 Å². The Bertz CT molecular complexity index is 852. The van der Waals surface area contributed by atoms with Crippen LogP contribution in [0.2, 0.25) is 0 Å². The van der Waals surface area contributed by atoms with Gasteiger partial charge in [0, 0.05) is 24.2 Å². The van der Waals surface area contributed by atoms with Crippen molar-refractivity contribution in [2.75, 3.05) is 22.8 Å². The van der Waals surface area contributed by atoms with E-state index in [4.69, 9.17) is 11.6 Å². The SMILES string of the molecule is O=C(CCl)Nc1cc(C(=O)N2CCCc3nncn32)cc(C(F)(F)F)c1. The Morgan fingerprint density at radius 2 is 2.04 bits per heavy atom. The molecule has 0 atom stereocenters. The standard InChI is InChI=1S/C15H13ClF3N5O2/c16-7-13(25)21-11-5-9(4-10(6-11)15(17,18)19)14(26)23-3-1-2-12-22-20-8-24(12)23/h4-6,8H,1-3,7H2,(H,21,25). The molecule has 1 aromatic carbocycles. The van der Waals surface area contributed by atoms with E-state index in [9.17, 15) is 22.8 Å². The van der Waals surface area contributed by atoms with Gasteiger partial charge in [-0.3, -0.25) is 9.59 Å². The van der Waals surface area contributed by atoms with Crippen molar-refractivity contribution in [2.24, 2.45) is 0 Å². The van der Waals surface area contributed by atoms with Gasteiger partial charge < -0.3 is 5.32 Å². The van der Waals surface area contributed by atoms with Gasteiger partial charge in [-0.2, -0.15) is 13.2 Å². The van der Waals surface area contributed by atoms with E-state index in [0.29, 0.717) is 25.2 Å². The second-order valence-corrected chi connectivity index (χ2v) is 5.87. The van der Waals surface area contributed by atoms with Gasteiger partial charge in [0.15, 0.2) is 5.82 Å². The summed E-state index contributed by atoms with van der Waals surface area (Å²) in [6.45, 7) is 0.309. The van der Waals surface area contributed by atoms with Crippen LogP contribution >= 0.6 is 11.6 Å². The van der Waals surface area contributed by atoms with Gasteiger partial charge in [0.25, 0.3) is 5.91 Å². The van der Waals surface area contributed by atoms with Crippen LogP contribution in [0.25, 0.3) is 0 Å². The number of amides is 2. The minimum atomic E-state index is -4.68. The predicted molar refractivity (Wildman–Crippen MR) is 86.6 cm³/mol. The minimum Gasteiger partial charge on any atom is -0.325 e. The lowest BCUT2D eigenvalue weighted by molar-refractivity contribution is -0.137. The number of alkyl halides is 4. The van der Waals surface area contributed by atoms with E-state index in [2.05, 4.69) is 15.5 Å². The molecular weight excluding hydrogens is 375 g/mol. The Hall–Kier alpha value is -2.62. The van der Waals surface area contributed by atoms with Gasteiger partial charge in [-0.05, 0) is 24.6 Å². The zero-order chi connectivity index (χ0) is 18.9. The molecule has 138 valence electrons. The molecule has 26 heavy (non-hydrogen) atoms. The number of carbonyl (C=O) groups is 2. The monoisotopic (exact) mass is 387 g/mol. The first-order valence-corrected chi connectivity index (χ1v) is 8.12. The van der Waals surface area contributed by atoms with Gasteiger partial charge in [-0.25, -0.2) is 9.69 Å². The molecule has 2 amide bonds. The van der Waals surface area contributed by atoms with Crippen molar-refractivity contribution in [3.63, 3.8) is 0 Å². The molecule has 1 aliphatic rings. The smallest absolute Gasteiger partial charge is 0.325 e. The number of anilines is 1. The highest BCUT2D eigenvalue weighted by molar-refractivity contribution is 6.29. The average Bonchev–Trinajstić information content (AvgIpc) is 3.08. The topological polar surface area (TPSA) is 80.1 Å². The van der Waals surface area contributed by atoms with Crippen molar-refractivity contribution in [1.29, 1.82) is 0 Å². The fourth-order valence-electron chi connectivity index (χ4n) is 2.64. The molecule has 11 heteroatoms. The number of carbonyl (C=O) groups excluding carboxylic acids is 2. The zero-order valence-corrected chi connectivity index (χ0v) is 14.0. The van der Waals surface area contributed by atoms with Crippen LogP contribution in [0.1, 0.15) is 28.2 Å². The van der Waals surface area contributed by atoms with Crippen LogP contribution in [-0.4, -0.2) is 39.1 Å². The average molecular weight is 388 g/mol. The number of aryl methyl sites for hydroxylation is 1. The largest absolute Gasteiger partial charge is 0.416 e. The van der Waals surface area contributed by atoms with Gasteiger partial charge in [0.2, 0.25) is 5.91 Å². The first-order valence-electron chi connectivity index (χ1n) is 7.59. The summed E-state index contributed by atoms with van der Waals surface area (Å²) in [5.74, 6) is -1.20. The summed E-state index contributed by atoms with van der Waals surface area (Å²) < 4.78 is 40.9. The van der Waals surface area contributed by atoms with E-state index in [1.807, 2.05) is 0 Å². The molecule has 0 unspecified atom stereocenters. The fourth-order valence-corrected chi connectivity index (χ4v) is 2.71. The zero-order valence-electron chi connectivity index (χ0n) is 13.3. The lowest BCUT2D eigenvalue weighted by Crippen LogP contribution is -2.44.